The lowest BCUT2D eigenvalue weighted by atomic mass is 9.97. The molecule has 1 N–H and O–H groups in total. The number of halogens is 4. The Balaban J connectivity index is 2.52. The molecule has 0 saturated heterocycles. The summed E-state index contributed by atoms with van der Waals surface area (Å²) in [6.45, 7) is 1.54. The van der Waals surface area contributed by atoms with E-state index in [9.17, 15) is 8.78 Å². The molecule has 0 saturated carbocycles. The quantitative estimate of drug-likeness (QED) is 0.718. The monoisotopic (exact) mass is 407 g/mol. The second-order valence-electron chi connectivity index (χ2n) is 4.52. The number of hydrogen-bond acceptors (Lipinski definition) is 1. The number of rotatable bonds is 3. The maximum Gasteiger partial charge on any atom is 0.128 e. The maximum atomic E-state index is 14.1. The first-order chi connectivity index (χ1) is 9.43. The second-order valence-corrected chi connectivity index (χ2v) is 6.09. The van der Waals surface area contributed by atoms with Gasteiger partial charge in [0.2, 0.25) is 0 Å². The maximum absolute atomic E-state index is 14.1. The predicted octanol–water partition coefficient (Wildman–Crippen LogP) is 4.84. The zero-order valence-electron chi connectivity index (χ0n) is 11.0. The number of aryl methyl sites for hydroxylation is 1. The third-order valence-electron chi connectivity index (χ3n) is 3.15. The van der Waals surface area contributed by atoms with E-state index in [1.807, 2.05) is 12.1 Å². The van der Waals surface area contributed by atoms with Gasteiger partial charge in [-0.15, -0.1) is 0 Å². The molecule has 0 bridgehead atoms. The van der Waals surface area contributed by atoms with E-state index in [2.05, 4.69) is 27.9 Å². The Morgan fingerprint density at radius 1 is 1.15 bits per heavy atom. The molecule has 0 aromatic heterocycles. The van der Waals surface area contributed by atoms with Gasteiger partial charge in [0.05, 0.1) is 11.1 Å². The molecule has 0 radical (unpaired) electrons. The van der Waals surface area contributed by atoms with Crippen LogP contribution >= 0.6 is 34.2 Å². The molecule has 0 heterocycles. The van der Waals surface area contributed by atoms with Crippen molar-refractivity contribution in [1.29, 1.82) is 0 Å². The summed E-state index contributed by atoms with van der Waals surface area (Å²) in [6.07, 6.45) is 0. The van der Waals surface area contributed by atoms with Gasteiger partial charge in [-0.2, -0.15) is 0 Å². The van der Waals surface area contributed by atoms with Crippen molar-refractivity contribution in [3.8, 4) is 0 Å². The van der Waals surface area contributed by atoms with E-state index in [1.54, 1.807) is 13.1 Å². The van der Waals surface area contributed by atoms with E-state index in [0.29, 0.717) is 10.6 Å². The van der Waals surface area contributed by atoms with Crippen LogP contribution in [0.15, 0.2) is 30.3 Å². The van der Waals surface area contributed by atoms with Gasteiger partial charge in [-0.05, 0) is 72.0 Å². The van der Waals surface area contributed by atoms with E-state index in [0.717, 1.165) is 9.13 Å². The van der Waals surface area contributed by atoms with Gasteiger partial charge in [0, 0.05) is 9.13 Å². The predicted molar refractivity (Wildman–Crippen MR) is 86.2 cm³/mol. The Morgan fingerprint density at radius 2 is 1.85 bits per heavy atom. The standard InChI is InChI=1S/C15H13ClF2IN/c1-8-5-13(18)10(7-12(8)17)15(20-2)9-3-4-14(19)11(16)6-9/h3-7,15,20H,1-2H3. The van der Waals surface area contributed by atoms with Gasteiger partial charge in [0.15, 0.2) is 0 Å². The molecule has 0 fully saturated rings. The highest BCUT2D eigenvalue weighted by molar-refractivity contribution is 14.1. The minimum absolute atomic E-state index is 0.271. The van der Waals surface area contributed by atoms with Gasteiger partial charge in [-0.3, -0.25) is 0 Å². The highest BCUT2D eigenvalue weighted by Crippen LogP contribution is 2.29. The fourth-order valence-electron chi connectivity index (χ4n) is 2.08. The van der Waals surface area contributed by atoms with Crippen molar-refractivity contribution < 1.29 is 8.78 Å². The largest absolute Gasteiger partial charge is 0.309 e. The van der Waals surface area contributed by atoms with Crippen molar-refractivity contribution in [2.75, 3.05) is 7.05 Å². The van der Waals surface area contributed by atoms with Crippen molar-refractivity contribution >= 4 is 34.2 Å². The van der Waals surface area contributed by atoms with E-state index in [4.69, 9.17) is 11.6 Å². The van der Waals surface area contributed by atoms with Gasteiger partial charge in [-0.25, -0.2) is 8.78 Å². The Bertz CT molecular complexity index is 646. The molecule has 5 heteroatoms. The van der Waals surface area contributed by atoms with Crippen LogP contribution in [0.2, 0.25) is 5.02 Å². The first kappa shape index (κ1) is 15.7. The van der Waals surface area contributed by atoms with Crippen molar-refractivity contribution in [1.82, 2.24) is 5.32 Å². The average molecular weight is 408 g/mol. The second kappa shape index (κ2) is 6.37. The molecule has 0 spiro atoms. The molecule has 2 rings (SSSR count). The van der Waals surface area contributed by atoms with Crippen molar-refractivity contribution in [3.05, 3.63) is 67.2 Å². The van der Waals surface area contributed by atoms with Gasteiger partial charge in [-0.1, -0.05) is 17.7 Å². The number of hydrogen-bond donors (Lipinski definition) is 1. The van der Waals surface area contributed by atoms with Gasteiger partial charge in [0.1, 0.15) is 11.6 Å². The summed E-state index contributed by atoms with van der Waals surface area (Å²) < 4.78 is 28.7. The summed E-state index contributed by atoms with van der Waals surface area (Å²) in [5.41, 5.74) is 1.36. The highest BCUT2D eigenvalue weighted by atomic mass is 127. The summed E-state index contributed by atoms with van der Waals surface area (Å²) in [6, 6.07) is 7.47. The third kappa shape index (κ3) is 3.13. The zero-order valence-corrected chi connectivity index (χ0v) is 13.9. The molecule has 0 amide bonds. The topological polar surface area (TPSA) is 12.0 Å². The van der Waals surface area contributed by atoms with Gasteiger partial charge < -0.3 is 5.32 Å². The molecule has 106 valence electrons. The molecule has 0 aliphatic heterocycles. The Labute approximate surface area is 135 Å². The molecule has 1 unspecified atom stereocenters. The minimum atomic E-state index is -0.445. The molecule has 1 nitrogen and oxygen atoms in total. The van der Waals surface area contributed by atoms with Crippen LogP contribution in [0.3, 0.4) is 0 Å². The summed E-state index contributed by atoms with van der Waals surface area (Å²) in [7, 11) is 1.70. The van der Waals surface area contributed by atoms with Crippen molar-refractivity contribution in [2.45, 2.75) is 13.0 Å². The van der Waals surface area contributed by atoms with Crippen LogP contribution in [0.1, 0.15) is 22.7 Å². The molecule has 1 atom stereocenters. The molecule has 2 aromatic carbocycles. The lowest BCUT2D eigenvalue weighted by molar-refractivity contribution is 0.553. The summed E-state index contributed by atoms with van der Waals surface area (Å²) in [5.74, 6) is -0.851. The van der Waals surface area contributed by atoms with Crippen LogP contribution in [-0.4, -0.2) is 7.05 Å². The van der Waals surface area contributed by atoms with Crippen LogP contribution in [-0.2, 0) is 0 Å². The smallest absolute Gasteiger partial charge is 0.128 e. The molecular formula is C15H13ClF2IN. The Kier molecular flexibility index (Phi) is 4.99. The minimum Gasteiger partial charge on any atom is -0.309 e. The van der Waals surface area contributed by atoms with Crippen molar-refractivity contribution in [3.63, 3.8) is 0 Å². The Morgan fingerprint density at radius 3 is 2.45 bits per heavy atom. The SMILES string of the molecule is CNC(c1ccc(I)c(Cl)c1)c1cc(F)c(C)cc1F. The summed E-state index contributed by atoms with van der Waals surface area (Å²) in [5, 5.41) is 3.59. The van der Waals surface area contributed by atoms with Crippen LogP contribution in [0.4, 0.5) is 8.78 Å². The average Bonchev–Trinajstić information content (AvgIpc) is 2.40. The number of nitrogens with one attached hydrogen (secondary N) is 1. The van der Waals surface area contributed by atoms with Crippen LogP contribution in [0, 0.1) is 22.1 Å². The first-order valence-electron chi connectivity index (χ1n) is 6.01. The lowest BCUT2D eigenvalue weighted by Gasteiger charge is -2.19. The lowest BCUT2D eigenvalue weighted by Crippen LogP contribution is -2.19. The van der Waals surface area contributed by atoms with Crippen molar-refractivity contribution in [2.24, 2.45) is 0 Å². The summed E-state index contributed by atoms with van der Waals surface area (Å²) in [4.78, 5) is 0. The molecule has 0 aliphatic rings. The van der Waals surface area contributed by atoms with E-state index < -0.39 is 17.7 Å². The fraction of sp³-hybridized carbons (Fsp3) is 0.200. The van der Waals surface area contributed by atoms with E-state index >= 15 is 0 Å². The summed E-state index contributed by atoms with van der Waals surface area (Å²) >= 11 is 8.22. The Hall–Kier alpha value is -0.720. The third-order valence-corrected chi connectivity index (χ3v) is 4.73. The fourth-order valence-corrected chi connectivity index (χ4v) is 2.60. The van der Waals surface area contributed by atoms with Gasteiger partial charge >= 0.3 is 0 Å². The van der Waals surface area contributed by atoms with Gasteiger partial charge in [0.25, 0.3) is 0 Å². The van der Waals surface area contributed by atoms with Crippen LogP contribution in [0.5, 0.6) is 0 Å². The molecular weight excluding hydrogens is 395 g/mol. The zero-order chi connectivity index (χ0) is 14.9. The van der Waals surface area contributed by atoms with E-state index in [1.165, 1.54) is 19.1 Å². The van der Waals surface area contributed by atoms with Crippen LogP contribution in [0.25, 0.3) is 0 Å². The molecule has 20 heavy (non-hydrogen) atoms. The first-order valence-corrected chi connectivity index (χ1v) is 7.47. The molecule has 2 aromatic rings. The highest BCUT2D eigenvalue weighted by Gasteiger charge is 2.19. The number of benzene rings is 2. The normalized spacial score (nSPS) is 12.5. The van der Waals surface area contributed by atoms with E-state index in [-0.39, 0.29) is 5.56 Å². The van der Waals surface area contributed by atoms with Crippen LogP contribution < -0.4 is 5.32 Å². The molecule has 0 aliphatic carbocycles.